The van der Waals surface area contributed by atoms with Crippen LogP contribution in [0.1, 0.15) is 37.8 Å². The highest BCUT2D eigenvalue weighted by Gasteiger charge is 2.22. The number of aryl methyl sites for hydroxylation is 1. The number of fused-ring (bicyclic) bond motifs is 1. The topological polar surface area (TPSA) is 105 Å². The molecule has 3 aromatic rings. The number of nitrogens with zero attached hydrogens (tertiary/aromatic N) is 4. The molecule has 0 bridgehead atoms. The molecule has 0 radical (unpaired) electrons. The van der Waals surface area contributed by atoms with E-state index in [-0.39, 0.29) is 17.6 Å². The van der Waals surface area contributed by atoms with Gasteiger partial charge in [0.2, 0.25) is 0 Å². The number of hydrogen-bond acceptors (Lipinski definition) is 6. The number of rotatable bonds is 5. The Hall–Kier alpha value is -3.00. The fourth-order valence-corrected chi connectivity index (χ4v) is 3.88. The summed E-state index contributed by atoms with van der Waals surface area (Å²) in [5.74, 6) is -0.375. The molecule has 1 aliphatic rings. The monoisotopic (exact) mass is 395 g/mol. The summed E-state index contributed by atoms with van der Waals surface area (Å²) in [5, 5.41) is 0.596. The maximum atomic E-state index is 12.7. The molecule has 29 heavy (non-hydrogen) atoms. The van der Waals surface area contributed by atoms with Gasteiger partial charge in [-0.15, -0.1) is 0 Å². The van der Waals surface area contributed by atoms with E-state index in [0.29, 0.717) is 23.2 Å². The van der Waals surface area contributed by atoms with Crippen molar-refractivity contribution in [2.24, 2.45) is 12.8 Å². The zero-order valence-corrected chi connectivity index (χ0v) is 16.5. The Bertz CT molecular complexity index is 1060. The SMILES string of the molecule is Cn1c2cnccc2c(=O)n1-c1ccc(C[C@H](N)C(=O)OC2CCCCC2)nc1. The van der Waals surface area contributed by atoms with Crippen molar-refractivity contribution < 1.29 is 9.53 Å². The molecule has 3 aromatic heterocycles. The van der Waals surface area contributed by atoms with Gasteiger partial charge in [0.05, 0.1) is 29.0 Å². The van der Waals surface area contributed by atoms with Crippen molar-refractivity contribution in [3.8, 4) is 5.69 Å². The van der Waals surface area contributed by atoms with Gasteiger partial charge in [-0.25, -0.2) is 4.68 Å². The van der Waals surface area contributed by atoms with Crippen LogP contribution in [0, 0.1) is 0 Å². The van der Waals surface area contributed by atoms with Crippen molar-refractivity contribution in [3.63, 3.8) is 0 Å². The van der Waals surface area contributed by atoms with Crippen molar-refractivity contribution >= 4 is 16.9 Å². The van der Waals surface area contributed by atoms with Crippen LogP contribution in [-0.4, -0.2) is 37.4 Å². The van der Waals surface area contributed by atoms with Crippen molar-refractivity contribution in [2.75, 3.05) is 0 Å². The number of nitrogens with two attached hydrogens (primary N) is 1. The molecule has 0 aromatic carbocycles. The molecule has 0 aliphatic heterocycles. The quantitative estimate of drug-likeness (QED) is 0.661. The van der Waals surface area contributed by atoms with Gasteiger partial charge >= 0.3 is 5.97 Å². The highest BCUT2D eigenvalue weighted by Crippen LogP contribution is 2.21. The Balaban J connectivity index is 1.47. The number of aromatic nitrogens is 4. The summed E-state index contributed by atoms with van der Waals surface area (Å²) in [6.45, 7) is 0. The summed E-state index contributed by atoms with van der Waals surface area (Å²) < 4.78 is 8.82. The first-order chi connectivity index (χ1) is 14.0. The predicted octanol–water partition coefficient (Wildman–Crippen LogP) is 1.86. The van der Waals surface area contributed by atoms with Crippen LogP contribution in [0.3, 0.4) is 0 Å². The minimum absolute atomic E-state index is 0.00882. The molecule has 1 saturated carbocycles. The fraction of sp³-hybridized carbons (Fsp3) is 0.429. The highest BCUT2D eigenvalue weighted by atomic mass is 16.5. The van der Waals surface area contributed by atoms with E-state index in [1.165, 1.54) is 6.42 Å². The molecule has 2 N–H and O–H groups in total. The van der Waals surface area contributed by atoms with Crippen molar-refractivity contribution in [1.29, 1.82) is 0 Å². The molecule has 3 heterocycles. The average molecular weight is 395 g/mol. The normalized spacial score (nSPS) is 16.1. The van der Waals surface area contributed by atoms with Gasteiger partial charge in [0.15, 0.2) is 0 Å². The van der Waals surface area contributed by atoms with E-state index >= 15 is 0 Å². The Kier molecular flexibility index (Phi) is 5.44. The van der Waals surface area contributed by atoms with Gasteiger partial charge in [0.25, 0.3) is 5.56 Å². The minimum atomic E-state index is -0.748. The van der Waals surface area contributed by atoms with E-state index in [1.54, 1.807) is 53.2 Å². The number of carbonyl (C=O) groups is 1. The molecular formula is C21H25N5O3. The zero-order valence-electron chi connectivity index (χ0n) is 16.5. The van der Waals surface area contributed by atoms with Crippen LogP contribution >= 0.6 is 0 Å². The van der Waals surface area contributed by atoms with Gasteiger partial charge in [0, 0.05) is 25.4 Å². The molecular weight excluding hydrogens is 370 g/mol. The van der Waals surface area contributed by atoms with Crippen LogP contribution in [-0.2, 0) is 23.0 Å². The number of esters is 1. The second-order valence-corrected chi connectivity index (χ2v) is 7.55. The van der Waals surface area contributed by atoms with Gasteiger partial charge in [-0.3, -0.25) is 24.2 Å². The molecule has 1 fully saturated rings. The van der Waals surface area contributed by atoms with E-state index in [1.807, 2.05) is 0 Å². The summed E-state index contributed by atoms with van der Waals surface area (Å²) >= 11 is 0. The van der Waals surface area contributed by atoms with Gasteiger partial charge in [-0.2, -0.15) is 0 Å². The van der Waals surface area contributed by atoms with E-state index in [9.17, 15) is 9.59 Å². The summed E-state index contributed by atoms with van der Waals surface area (Å²) in [7, 11) is 1.80. The lowest BCUT2D eigenvalue weighted by Crippen LogP contribution is -2.37. The largest absolute Gasteiger partial charge is 0.461 e. The van der Waals surface area contributed by atoms with Gasteiger partial charge in [-0.1, -0.05) is 6.42 Å². The number of carbonyl (C=O) groups excluding carboxylic acids is 1. The molecule has 152 valence electrons. The third-order valence-corrected chi connectivity index (χ3v) is 5.49. The standard InChI is InChI=1S/C21H25N5O3/c1-25-19-13-23-10-9-17(19)20(27)26(25)15-8-7-14(24-12-15)11-18(22)21(28)29-16-5-3-2-4-6-16/h7-10,12-13,16,18H,2-6,11,22H2,1H3/t18-/m0/s1. The zero-order chi connectivity index (χ0) is 20.4. The van der Waals surface area contributed by atoms with Crippen LogP contribution in [0.2, 0.25) is 0 Å². The third-order valence-electron chi connectivity index (χ3n) is 5.49. The molecule has 1 aliphatic carbocycles. The number of ether oxygens (including phenoxy) is 1. The van der Waals surface area contributed by atoms with Crippen molar-refractivity contribution in [3.05, 3.63) is 52.8 Å². The summed E-state index contributed by atoms with van der Waals surface area (Å²) in [6.07, 6.45) is 10.4. The van der Waals surface area contributed by atoms with Crippen LogP contribution in [0.15, 0.2) is 41.6 Å². The van der Waals surface area contributed by atoms with Crippen LogP contribution in [0.5, 0.6) is 0 Å². The van der Waals surface area contributed by atoms with Crippen LogP contribution in [0.4, 0.5) is 0 Å². The van der Waals surface area contributed by atoms with E-state index in [2.05, 4.69) is 9.97 Å². The maximum Gasteiger partial charge on any atom is 0.323 e. The molecule has 1 atom stereocenters. The number of pyridine rings is 2. The third kappa shape index (κ3) is 3.93. The lowest BCUT2D eigenvalue weighted by Gasteiger charge is -2.23. The van der Waals surface area contributed by atoms with Gasteiger partial charge in [-0.05, 0) is 43.9 Å². The van der Waals surface area contributed by atoms with Crippen molar-refractivity contribution in [2.45, 2.75) is 50.7 Å². The summed E-state index contributed by atoms with van der Waals surface area (Å²) in [4.78, 5) is 33.4. The Morgan fingerprint density at radius 3 is 2.72 bits per heavy atom. The van der Waals surface area contributed by atoms with E-state index in [4.69, 9.17) is 10.5 Å². The smallest absolute Gasteiger partial charge is 0.323 e. The second kappa shape index (κ2) is 8.16. The molecule has 8 heteroatoms. The van der Waals surface area contributed by atoms with E-state index < -0.39 is 6.04 Å². The highest BCUT2D eigenvalue weighted by molar-refractivity contribution is 5.78. The van der Waals surface area contributed by atoms with Crippen molar-refractivity contribution in [1.82, 2.24) is 19.3 Å². The molecule has 8 nitrogen and oxygen atoms in total. The molecule has 0 amide bonds. The molecule has 4 rings (SSSR count). The minimum Gasteiger partial charge on any atom is -0.461 e. The lowest BCUT2D eigenvalue weighted by molar-refractivity contribution is -0.152. The summed E-state index contributed by atoms with van der Waals surface area (Å²) in [5.41, 5.74) is 7.96. The fourth-order valence-electron chi connectivity index (χ4n) is 3.88. The number of hydrogen-bond donors (Lipinski definition) is 1. The Morgan fingerprint density at radius 2 is 2.03 bits per heavy atom. The molecule has 0 saturated heterocycles. The van der Waals surface area contributed by atoms with Gasteiger partial charge in [0.1, 0.15) is 12.1 Å². The average Bonchev–Trinajstić information content (AvgIpc) is 3.00. The predicted molar refractivity (Wildman–Crippen MR) is 109 cm³/mol. The molecule has 0 unspecified atom stereocenters. The maximum absolute atomic E-state index is 12.7. The second-order valence-electron chi connectivity index (χ2n) is 7.55. The first-order valence-corrected chi connectivity index (χ1v) is 9.97. The lowest BCUT2D eigenvalue weighted by atomic mass is 9.98. The van der Waals surface area contributed by atoms with E-state index in [0.717, 1.165) is 31.2 Å². The first kappa shape index (κ1) is 19.3. The Labute approximate surface area is 168 Å². The Morgan fingerprint density at radius 1 is 1.24 bits per heavy atom. The van der Waals surface area contributed by atoms with Crippen LogP contribution < -0.4 is 11.3 Å². The van der Waals surface area contributed by atoms with Gasteiger partial charge < -0.3 is 10.5 Å². The van der Waals surface area contributed by atoms with Crippen LogP contribution in [0.25, 0.3) is 16.6 Å². The molecule has 0 spiro atoms. The summed E-state index contributed by atoms with van der Waals surface area (Å²) in [6, 6.07) is 4.54. The first-order valence-electron chi connectivity index (χ1n) is 9.97.